The summed E-state index contributed by atoms with van der Waals surface area (Å²) < 4.78 is 0. The molecule has 134 valence electrons. The van der Waals surface area contributed by atoms with E-state index >= 15 is 0 Å². The Morgan fingerprint density at radius 1 is 1.27 bits per heavy atom. The molecule has 1 aliphatic heterocycles. The molecule has 0 aliphatic carbocycles. The number of nitro groups is 1. The first kappa shape index (κ1) is 18.2. The molecule has 0 amide bonds. The van der Waals surface area contributed by atoms with Gasteiger partial charge in [0.15, 0.2) is 5.60 Å². The number of hydrogen-bond acceptors (Lipinski definition) is 5. The fraction of sp³-hybridized carbons (Fsp3) is 0.176. The summed E-state index contributed by atoms with van der Waals surface area (Å²) in [5, 5.41) is 25.2. The van der Waals surface area contributed by atoms with Crippen molar-refractivity contribution in [2.45, 2.75) is 18.9 Å². The van der Waals surface area contributed by atoms with Gasteiger partial charge in [0.05, 0.1) is 21.8 Å². The van der Waals surface area contributed by atoms with Crippen LogP contribution in [0.4, 0.5) is 5.69 Å². The molecule has 1 aliphatic rings. The number of carboxylic acid groups (broad SMARTS) is 1. The standard InChI is InChI=1S/C17H12Cl2N2O5/c1-17(10-5-11(18)7-12(19)6-10)8-14(20-26-17)13-3-2-9(16(22)23)4-15(13)21(24)25/h2-7H,8H2,1H3,(H,22,23). The Labute approximate surface area is 157 Å². The van der Waals surface area contributed by atoms with Crippen molar-refractivity contribution in [2.75, 3.05) is 0 Å². The minimum atomic E-state index is -1.25. The van der Waals surface area contributed by atoms with E-state index in [2.05, 4.69) is 5.16 Å². The Bertz CT molecular complexity index is 940. The molecule has 3 rings (SSSR count). The lowest BCUT2D eigenvalue weighted by molar-refractivity contribution is -0.385. The molecule has 0 radical (unpaired) electrons. The molecule has 0 saturated heterocycles. The molecular formula is C17H12Cl2N2O5. The van der Waals surface area contributed by atoms with E-state index in [1.54, 1.807) is 25.1 Å². The van der Waals surface area contributed by atoms with Crippen molar-refractivity contribution in [2.24, 2.45) is 5.16 Å². The third-order valence-electron chi connectivity index (χ3n) is 4.09. The minimum absolute atomic E-state index is 0.177. The maximum atomic E-state index is 11.4. The zero-order valence-corrected chi connectivity index (χ0v) is 14.9. The number of hydrogen-bond donors (Lipinski definition) is 1. The summed E-state index contributed by atoms with van der Waals surface area (Å²) in [7, 11) is 0. The molecule has 1 atom stereocenters. The van der Waals surface area contributed by atoms with Crippen LogP contribution in [-0.2, 0) is 10.4 Å². The van der Waals surface area contributed by atoms with Gasteiger partial charge in [-0.1, -0.05) is 28.4 Å². The lowest BCUT2D eigenvalue weighted by Crippen LogP contribution is -2.22. The quantitative estimate of drug-likeness (QED) is 0.600. The van der Waals surface area contributed by atoms with E-state index in [0.29, 0.717) is 21.3 Å². The fourth-order valence-corrected chi connectivity index (χ4v) is 3.28. The van der Waals surface area contributed by atoms with Crippen molar-refractivity contribution in [3.63, 3.8) is 0 Å². The number of benzene rings is 2. The van der Waals surface area contributed by atoms with Crippen LogP contribution in [0.3, 0.4) is 0 Å². The Kier molecular flexibility index (Phi) is 4.60. The third-order valence-corrected chi connectivity index (χ3v) is 4.52. The number of carboxylic acids is 1. The molecule has 1 unspecified atom stereocenters. The fourth-order valence-electron chi connectivity index (χ4n) is 2.76. The van der Waals surface area contributed by atoms with Gasteiger partial charge in [-0.2, -0.15) is 0 Å². The van der Waals surface area contributed by atoms with E-state index in [-0.39, 0.29) is 23.2 Å². The minimum Gasteiger partial charge on any atom is -0.478 e. The Morgan fingerprint density at radius 3 is 2.50 bits per heavy atom. The van der Waals surface area contributed by atoms with Crippen LogP contribution in [0, 0.1) is 10.1 Å². The van der Waals surface area contributed by atoms with Crippen LogP contribution in [0.5, 0.6) is 0 Å². The van der Waals surface area contributed by atoms with Crippen LogP contribution >= 0.6 is 23.2 Å². The molecule has 7 nitrogen and oxygen atoms in total. The zero-order chi connectivity index (χ0) is 19.1. The topological polar surface area (TPSA) is 102 Å². The number of carbonyl (C=O) groups is 1. The average molecular weight is 395 g/mol. The van der Waals surface area contributed by atoms with Gasteiger partial charge in [-0.05, 0) is 37.3 Å². The summed E-state index contributed by atoms with van der Waals surface area (Å²) in [5.41, 5.74) is -0.198. The first-order chi connectivity index (χ1) is 12.2. The molecule has 26 heavy (non-hydrogen) atoms. The van der Waals surface area contributed by atoms with Crippen LogP contribution < -0.4 is 0 Å². The van der Waals surface area contributed by atoms with Crippen molar-refractivity contribution >= 4 is 40.6 Å². The van der Waals surface area contributed by atoms with Crippen molar-refractivity contribution in [3.8, 4) is 0 Å². The molecule has 2 aromatic rings. The predicted octanol–water partition coefficient (Wildman–Crippen LogP) is 4.64. The molecule has 2 aromatic carbocycles. The Balaban J connectivity index is 1.98. The summed E-state index contributed by atoms with van der Waals surface area (Å²) in [4.78, 5) is 27.3. The molecule has 0 aromatic heterocycles. The first-order valence-corrected chi connectivity index (χ1v) is 8.19. The molecule has 0 fully saturated rings. The van der Waals surface area contributed by atoms with Crippen LogP contribution in [-0.4, -0.2) is 21.7 Å². The van der Waals surface area contributed by atoms with Gasteiger partial charge < -0.3 is 9.94 Å². The number of nitro benzene ring substituents is 1. The molecule has 1 N–H and O–H groups in total. The highest BCUT2D eigenvalue weighted by Gasteiger charge is 2.39. The predicted molar refractivity (Wildman–Crippen MR) is 96.1 cm³/mol. The van der Waals surface area contributed by atoms with Crippen LogP contribution in [0.1, 0.15) is 34.8 Å². The monoisotopic (exact) mass is 394 g/mol. The molecule has 0 spiro atoms. The smallest absolute Gasteiger partial charge is 0.335 e. The van der Waals surface area contributed by atoms with Crippen molar-refractivity contribution in [3.05, 3.63) is 73.2 Å². The van der Waals surface area contributed by atoms with Crippen LogP contribution in [0.2, 0.25) is 10.0 Å². The summed E-state index contributed by atoms with van der Waals surface area (Å²) >= 11 is 12.1. The van der Waals surface area contributed by atoms with Crippen molar-refractivity contribution in [1.29, 1.82) is 0 Å². The van der Waals surface area contributed by atoms with Crippen molar-refractivity contribution in [1.82, 2.24) is 0 Å². The van der Waals surface area contributed by atoms with Gasteiger partial charge in [0.2, 0.25) is 0 Å². The summed E-state index contributed by atoms with van der Waals surface area (Å²) in [6.45, 7) is 1.77. The van der Waals surface area contributed by atoms with Gasteiger partial charge in [0, 0.05) is 28.1 Å². The molecule has 9 heteroatoms. The normalized spacial score (nSPS) is 19.0. The van der Waals surface area contributed by atoms with E-state index < -0.39 is 16.5 Å². The Hall–Kier alpha value is -2.64. The summed E-state index contributed by atoms with van der Waals surface area (Å²) in [5.74, 6) is -1.25. The average Bonchev–Trinajstić information content (AvgIpc) is 2.97. The van der Waals surface area contributed by atoms with Crippen LogP contribution in [0.25, 0.3) is 0 Å². The number of aromatic carboxylic acids is 1. The molecule has 0 bridgehead atoms. The maximum absolute atomic E-state index is 11.4. The van der Waals surface area contributed by atoms with Gasteiger partial charge in [0.1, 0.15) is 0 Å². The summed E-state index contributed by atoms with van der Waals surface area (Å²) in [6, 6.07) is 8.62. The van der Waals surface area contributed by atoms with E-state index in [1.807, 2.05) is 0 Å². The van der Waals surface area contributed by atoms with E-state index in [0.717, 1.165) is 6.07 Å². The van der Waals surface area contributed by atoms with Crippen molar-refractivity contribution < 1.29 is 19.7 Å². The first-order valence-electron chi connectivity index (χ1n) is 7.43. The van der Waals surface area contributed by atoms with E-state index in [9.17, 15) is 14.9 Å². The number of oxime groups is 1. The molecule has 1 heterocycles. The highest BCUT2D eigenvalue weighted by Crippen LogP contribution is 2.39. The second kappa shape index (κ2) is 6.59. The maximum Gasteiger partial charge on any atom is 0.335 e. The number of halogens is 2. The Morgan fingerprint density at radius 2 is 1.92 bits per heavy atom. The second-order valence-corrected chi connectivity index (χ2v) is 6.86. The van der Waals surface area contributed by atoms with Gasteiger partial charge in [-0.3, -0.25) is 10.1 Å². The zero-order valence-electron chi connectivity index (χ0n) is 13.4. The number of rotatable bonds is 4. The lowest BCUT2D eigenvalue weighted by Gasteiger charge is -2.22. The van der Waals surface area contributed by atoms with Gasteiger partial charge in [-0.25, -0.2) is 4.79 Å². The highest BCUT2D eigenvalue weighted by atomic mass is 35.5. The van der Waals surface area contributed by atoms with Crippen LogP contribution in [0.15, 0.2) is 41.6 Å². The highest BCUT2D eigenvalue weighted by molar-refractivity contribution is 6.34. The summed E-state index contributed by atoms with van der Waals surface area (Å²) in [6.07, 6.45) is 0.233. The SMILES string of the molecule is CC1(c2cc(Cl)cc(Cl)c2)CC(c2ccc(C(=O)O)cc2[N+](=O)[O-])=NO1. The molecular weight excluding hydrogens is 383 g/mol. The molecule has 0 saturated carbocycles. The number of nitrogens with zero attached hydrogens (tertiary/aromatic N) is 2. The van der Waals surface area contributed by atoms with E-state index in [4.69, 9.17) is 33.1 Å². The third kappa shape index (κ3) is 3.36. The largest absolute Gasteiger partial charge is 0.478 e. The van der Waals surface area contributed by atoms with Gasteiger partial charge >= 0.3 is 5.97 Å². The lowest BCUT2D eigenvalue weighted by atomic mass is 9.88. The van der Waals surface area contributed by atoms with Gasteiger partial charge in [-0.15, -0.1) is 0 Å². The second-order valence-electron chi connectivity index (χ2n) is 5.99. The van der Waals surface area contributed by atoms with E-state index in [1.165, 1.54) is 12.1 Å². The van der Waals surface area contributed by atoms with Gasteiger partial charge in [0.25, 0.3) is 5.69 Å².